The number of hydrogen-bond donors (Lipinski definition) is 0. The van der Waals surface area contributed by atoms with Crippen molar-refractivity contribution >= 4 is 43.4 Å². The van der Waals surface area contributed by atoms with Crippen LogP contribution in [0.5, 0.6) is 0 Å². The third-order valence-electron chi connectivity index (χ3n) is 13.6. The van der Waals surface area contributed by atoms with Gasteiger partial charge in [0.2, 0.25) is 0 Å². The summed E-state index contributed by atoms with van der Waals surface area (Å²) in [6.45, 7) is 9.53. The topological polar surface area (TPSA) is 4.93 Å². The maximum absolute atomic E-state index is 2.50. The molecule has 0 spiro atoms. The Balaban J connectivity index is 1.18. The van der Waals surface area contributed by atoms with Crippen LogP contribution in [0.4, 0.5) is 0 Å². The number of nitrogens with zero attached hydrogens (tertiary/aromatic N) is 1. The van der Waals surface area contributed by atoms with Crippen molar-refractivity contribution in [2.45, 2.75) is 38.5 Å². The van der Waals surface area contributed by atoms with E-state index in [-0.39, 0.29) is 10.8 Å². The lowest BCUT2D eigenvalue weighted by Crippen LogP contribution is -2.15. The number of para-hydroxylation sites is 2. The molecule has 1 heteroatoms. The normalized spacial score (nSPS) is 14.6. The Kier molecular flexibility index (Phi) is 6.53. The molecule has 2 aliphatic carbocycles. The van der Waals surface area contributed by atoms with E-state index in [1.807, 2.05) is 0 Å². The van der Waals surface area contributed by atoms with E-state index in [1.165, 1.54) is 116 Å². The van der Waals surface area contributed by atoms with Crippen molar-refractivity contribution in [3.05, 3.63) is 198 Å². The molecule has 1 nitrogen and oxygen atoms in total. The lowest BCUT2D eigenvalue weighted by Gasteiger charge is -2.24. The second kappa shape index (κ2) is 11.4. The predicted molar refractivity (Wildman–Crippen MR) is 242 cm³/mol. The van der Waals surface area contributed by atoms with Crippen LogP contribution in [0.1, 0.15) is 49.9 Å². The highest BCUT2D eigenvalue weighted by molar-refractivity contribution is 6.22. The predicted octanol–water partition coefficient (Wildman–Crippen LogP) is 15.0. The molecule has 270 valence electrons. The maximum atomic E-state index is 2.50. The molecule has 0 aliphatic heterocycles. The molecule has 0 radical (unpaired) electrons. The Hall–Kier alpha value is -6.70. The summed E-state index contributed by atoms with van der Waals surface area (Å²) in [5.74, 6) is 0. The van der Waals surface area contributed by atoms with Crippen molar-refractivity contribution in [2.24, 2.45) is 0 Å². The van der Waals surface area contributed by atoms with E-state index < -0.39 is 0 Å². The van der Waals surface area contributed by atoms with E-state index in [0.717, 1.165) is 0 Å². The second-order valence-corrected chi connectivity index (χ2v) is 17.3. The third kappa shape index (κ3) is 4.35. The molecule has 10 aromatic rings. The molecule has 0 bridgehead atoms. The number of benzene rings is 9. The first-order chi connectivity index (χ1) is 27.8. The summed E-state index contributed by atoms with van der Waals surface area (Å²) in [6.07, 6.45) is 0. The van der Waals surface area contributed by atoms with Crippen LogP contribution < -0.4 is 0 Å². The van der Waals surface area contributed by atoms with Crippen molar-refractivity contribution in [3.63, 3.8) is 0 Å². The molecule has 0 amide bonds. The van der Waals surface area contributed by atoms with Crippen molar-refractivity contribution in [2.75, 3.05) is 0 Å². The molecule has 57 heavy (non-hydrogen) atoms. The van der Waals surface area contributed by atoms with Crippen molar-refractivity contribution in [3.8, 4) is 50.2 Å². The van der Waals surface area contributed by atoms with E-state index in [0.29, 0.717) is 0 Å². The van der Waals surface area contributed by atoms with Gasteiger partial charge in [0, 0.05) is 27.3 Å². The first kappa shape index (κ1) is 32.5. The van der Waals surface area contributed by atoms with Gasteiger partial charge in [-0.25, -0.2) is 0 Å². The van der Waals surface area contributed by atoms with Crippen LogP contribution in [0.15, 0.2) is 176 Å². The van der Waals surface area contributed by atoms with Crippen LogP contribution in [0.3, 0.4) is 0 Å². The quantitative estimate of drug-likeness (QED) is 0.160. The van der Waals surface area contributed by atoms with Crippen LogP contribution in [-0.4, -0.2) is 4.57 Å². The highest BCUT2D eigenvalue weighted by atomic mass is 15.0. The van der Waals surface area contributed by atoms with E-state index in [9.17, 15) is 0 Å². The molecule has 0 N–H and O–H groups in total. The van der Waals surface area contributed by atoms with Gasteiger partial charge in [0.15, 0.2) is 0 Å². The molecular formula is C56H41N. The van der Waals surface area contributed by atoms with E-state index in [2.05, 4.69) is 208 Å². The van der Waals surface area contributed by atoms with Crippen molar-refractivity contribution in [1.82, 2.24) is 4.57 Å². The summed E-state index contributed by atoms with van der Waals surface area (Å²) >= 11 is 0. The summed E-state index contributed by atoms with van der Waals surface area (Å²) in [5, 5.41) is 7.63. The molecule has 2 aliphatic rings. The van der Waals surface area contributed by atoms with Crippen LogP contribution in [0.2, 0.25) is 0 Å². The van der Waals surface area contributed by atoms with Gasteiger partial charge in [-0.05, 0) is 125 Å². The smallest absolute Gasteiger partial charge is 0.0541 e. The minimum Gasteiger partial charge on any atom is -0.309 e. The summed E-state index contributed by atoms with van der Waals surface area (Å²) in [7, 11) is 0. The first-order valence-electron chi connectivity index (χ1n) is 20.3. The molecule has 9 aromatic carbocycles. The fraction of sp³-hybridized carbons (Fsp3) is 0.107. The molecule has 0 saturated heterocycles. The average Bonchev–Trinajstić information content (AvgIpc) is 3.79. The van der Waals surface area contributed by atoms with Gasteiger partial charge in [0.05, 0.1) is 11.0 Å². The molecule has 12 rings (SSSR count). The molecule has 0 fully saturated rings. The van der Waals surface area contributed by atoms with Gasteiger partial charge >= 0.3 is 0 Å². The molecule has 0 atom stereocenters. The van der Waals surface area contributed by atoms with Gasteiger partial charge in [0.25, 0.3) is 0 Å². The highest BCUT2D eigenvalue weighted by Crippen LogP contribution is 2.53. The molecular weight excluding hydrogens is 687 g/mol. The van der Waals surface area contributed by atoms with Crippen LogP contribution in [-0.2, 0) is 10.8 Å². The molecule has 1 aromatic heterocycles. The van der Waals surface area contributed by atoms with E-state index >= 15 is 0 Å². The maximum Gasteiger partial charge on any atom is 0.0541 e. The molecule has 1 heterocycles. The number of fused-ring (bicyclic) bond motifs is 11. The zero-order chi connectivity index (χ0) is 38.2. The van der Waals surface area contributed by atoms with Crippen LogP contribution in [0, 0.1) is 0 Å². The monoisotopic (exact) mass is 727 g/mol. The summed E-state index contributed by atoms with van der Waals surface area (Å²) in [6, 6.07) is 66.4. The Morgan fingerprint density at radius 2 is 0.719 bits per heavy atom. The first-order valence-corrected chi connectivity index (χ1v) is 20.3. The average molecular weight is 728 g/mol. The van der Waals surface area contributed by atoms with E-state index in [4.69, 9.17) is 0 Å². The summed E-state index contributed by atoms with van der Waals surface area (Å²) in [5.41, 5.74) is 19.5. The Morgan fingerprint density at radius 3 is 1.25 bits per heavy atom. The third-order valence-corrected chi connectivity index (χ3v) is 13.6. The van der Waals surface area contributed by atoms with E-state index in [1.54, 1.807) is 0 Å². The minimum atomic E-state index is -0.101. The number of hydrogen-bond acceptors (Lipinski definition) is 0. The van der Waals surface area contributed by atoms with Gasteiger partial charge < -0.3 is 4.57 Å². The Labute approximate surface area is 333 Å². The second-order valence-electron chi connectivity index (χ2n) is 17.3. The van der Waals surface area contributed by atoms with Crippen LogP contribution in [0.25, 0.3) is 93.5 Å². The lowest BCUT2D eigenvalue weighted by atomic mass is 9.79. The fourth-order valence-corrected chi connectivity index (χ4v) is 10.8. The SMILES string of the molecule is CC1(C)c2ccccc2-c2ccc(-c3c4ccccc4c(-c4ccc5c(c4)C(C)(C)c4ccccc4-5)c4cc(-n5c6ccccc6c6ccccc65)ccc34)cc21. The highest BCUT2D eigenvalue weighted by Gasteiger charge is 2.37. The number of rotatable bonds is 3. The summed E-state index contributed by atoms with van der Waals surface area (Å²) in [4.78, 5) is 0. The largest absolute Gasteiger partial charge is 0.309 e. The standard InChI is InChI=1S/C56H41N/c1-55(2)47-21-11-7-15-37(47)39-28-25-34(31-49(39)55)53-43-19-5-6-20-44(43)54(35-26-29-40-38-16-8-12-22-48(38)56(3,4)50(40)32-35)46-33-36(27-30-45(46)53)57-51-23-13-9-17-41(51)42-18-10-14-24-52(42)57/h5-33H,1-4H3. The molecule has 0 saturated carbocycles. The Bertz CT molecular complexity index is 3300. The van der Waals surface area contributed by atoms with Gasteiger partial charge in [-0.15, -0.1) is 0 Å². The number of aromatic nitrogens is 1. The van der Waals surface area contributed by atoms with Gasteiger partial charge in [-0.1, -0.05) is 167 Å². The molecule has 0 unspecified atom stereocenters. The van der Waals surface area contributed by atoms with Crippen molar-refractivity contribution < 1.29 is 0 Å². The van der Waals surface area contributed by atoms with Crippen LogP contribution >= 0.6 is 0 Å². The zero-order valence-electron chi connectivity index (χ0n) is 32.7. The van der Waals surface area contributed by atoms with Gasteiger partial charge in [-0.3, -0.25) is 0 Å². The van der Waals surface area contributed by atoms with Crippen molar-refractivity contribution in [1.29, 1.82) is 0 Å². The van der Waals surface area contributed by atoms with Gasteiger partial charge in [-0.2, -0.15) is 0 Å². The van der Waals surface area contributed by atoms with Gasteiger partial charge in [0.1, 0.15) is 0 Å². The Morgan fingerprint density at radius 1 is 0.316 bits per heavy atom. The minimum absolute atomic E-state index is 0.0913. The summed E-state index contributed by atoms with van der Waals surface area (Å²) < 4.78 is 2.46. The lowest BCUT2D eigenvalue weighted by molar-refractivity contribution is 0.660. The zero-order valence-corrected chi connectivity index (χ0v) is 32.7. The fourth-order valence-electron chi connectivity index (χ4n) is 10.8.